The Morgan fingerprint density at radius 3 is 3.00 bits per heavy atom. The number of fused-ring (bicyclic) bond motifs is 1. The number of anilines is 1. The monoisotopic (exact) mass is 219 g/mol. The van der Waals surface area contributed by atoms with Crippen molar-refractivity contribution in [2.24, 2.45) is 0 Å². The van der Waals surface area contributed by atoms with Crippen molar-refractivity contribution in [1.82, 2.24) is 9.99 Å². The first-order chi connectivity index (χ1) is 6.09. The minimum Gasteiger partial charge on any atom is -0.372 e. The van der Waals surface area contributed by atoms with E-state index in [-0.39, 0.29) is 0 Å². The highest BCUT2D eigenvalue weighted by Crippen LogP contribution is 2.37. The fraction of sp³-hybridized carbons (Fsp3) is 0.286. The molecule has 1 unspecified atom stereocenters. The van der Waals surface area contributed by atoms with Crippen molar-refractivity contribution in [3.05, 3.63) is 21.8 Å². The summed E-state index contributed by atoms with van der Waals surface area (Å²) in [5.41, 5.74) is 3.40. The second-order valence-corrected chi connectivity index (χ2v) is 3.58. The highest BCUT2D eigenvalue weighted by atomic mass is 35.5. The Kier molecular flexibility index (Phi) is 2.08. The van der Waals surface area contributed by atoms with Gasteiger partial charge in [0.25, 0.3) is 0 Å². The number of nitrogens with one attached hydrogen (secondary N) is 1. The largest absolute Gasteiger partial charge is 0.372 e. The van der Waals surface area contributed by atoms with E-state index in [4.69, 9.17) is 23.2 Å². The van der Waals surface area contributed by atoms with Crippen molar-refractivity contribution < 1.29 is 5.11 Å². The van der Waals surface area contributed by atoms with E-state index < -0.39 is 6.23 Å². The summed E-state index contributed by atoms with van der Waals surface area (Å²) in [7, 11) is 1.69. The SMILES string of the molecule is CN1Nc2nc(Cl)cc(Cl)c2C1O. The summed E-state index contributed by atoms with van der Waals surface area (Å²) >= 11 is 11.6. The molecule has 1 aliphatic rings. The normalized spacial score (nSPS) is 21.4. The lowest BCUT2D eigenvalue weighted by atomic mass is 10.2. The van der Waals surface area contributed by atoms with Crippen LogP contribution in [0.25, 0.3) is 0 Å². The van der Waals surface area contributed by atoms with E-state index >= 15 is 0 Å². The molecule has 2 rings (SSSR count). The third kappa shape index (κ3) is 1.36. The molecular weight excluding hydrogens is 213 g/mol. The van der Waals surface area contributed by atoms with E-state index in [1.807, 2.05) is 0 Å². The number of hydrogen-bond acceptors (Lipinski definition) is 4. The number of aliphatic hydroxyl groups excluding tert-OH is 1. The smallest absolute Gasteiger partial charge is 0.154 e. The Bertz CT molecular complexity index is 358. The molecule has 0 amide bonds. The summed E-state index contributed by atoms with van der Waals surface area (Å²) in [6.45, 7) is 0. The zero-order chi connectivity index (χ0) is 9.59. The number of aromatic nitrogens is 1. The maximum atomic E-state index is 9.62. The Morgan fingerprint density at radius 1 is 1.62 bits per heavy atom. The maximum absolute atomic E-state index is 9.62. The van der Waals surface area contributed by atoms with Gasteiger partial charge in [-0.25, -0.2) is 4.98 Å². The van der Waals surface area contributed by atoms with Gasteiger partial charge in [0.15, 0.2) is 12.0 Å². The average molecular weight is 220 g/mol. The van der Waals surface area contributed by atoms with E-state index in [2.05, 4.69) is 10.4 Å². The lowest BCUT2D eigenvalue weighted by molar-refractivity contribution is 0.0520. The van der Waals surface area contributed by atoms with Crippen LogP contribution in [0, 0.1) is 0 Å². The van der Waals surface area contributed by atoms with E-state index in [1.54, 1.807) is 7.05 Å². The predicted molar refractivity (Wildman–Crippen MR) is 50.6 cm³/mol. The van der Waals surface area contributed by atoms with Gasteiger partial charge in [-0.05, 0) is 6.07 Å². The predicted octanol–water partition coefficient (Wildman–Crippen LogP) is 1.65. The van der Waals surface area contributed by atoms with Crippen LogP contribution in [0.15, 0.2) is 6.07 Å². The molecule has 0 bridgehead atoms. The van der Waals surface area contributed by atoms with Crippen LogP contribution in [0.4, 0.5) is 5.82 Å². The van der Waals surface area contributed by atoms with Gasteiger partial charge in [0.1, 0.15) is 5.15 Å². The molecule has 2 heterocycles. The highest BCUT2D eigenvalue weighted by molar-refractivity contribution is 6.34. The Morgan fingerprint density at radius 2 is 2.31 bits per heavy atom. The first-order valence-corrected chi connectivity index (χ1v) is 4.38. The highest BCUT2D eigenvalue weighted by Gasteiger charge is 2.29. The molecule has 0 radical (unpaired) electrons. The van der Waals surface area contributed by atoms with Crippen LogP contribution in [0.1, 0.15) is 11.8 Å². The lowest BCUT2D eigenvalue weighted by Gasteiger charge is -2.12. The van der Waals surface area contributed by atoms with E-state index in [9.17, 15) is 5.11 Å². The molecule has 1 atom stereocenters. The van der Waals surface area contributed by atoms with Crippen LogP contribution >= 0.6 is 23.2 Å². The third-order valence-electron chi connectivity index (χ3n) is 1.88. The summed E-state index contributed by atoms with van der Waals surface area (Å²) in [6.07, 6.45) is -0.771. The van der Waals surface area contributed by atoms with E-state index in [1.165, 1.54) is 11.1 Å². The molecule has 70 valence electrons. The second-order valence-electron chi connectivity index (χ2n) is 2.79. The zero-order valence-electron chi connectivity index (χ0n) is 6.75. The van der Waals surface area contributed by atoms with Crippen LogP contribution in [0.5, 0.6) is 0 Å². The van der Waals surface area contributed by atoms with Crippen molar-refractivity contribution in [2.75, 3.05) is 12.5 Å². The number of aliphatic hydroxyl groups is 1. The number of hydrogen-bond donors (Lipinski definition) is 2. The molecule has 6 heteroatoms. The Balaban J connectivity index is 2.57. The number of hydrazine groups is 1. The minimum absolute atomic E-state index is 0.304. The fourth-order valence-electron chi connectivity index (χ4n) is 1.25. The maximum Gasteiger partial charge on any atom is 0.154 e. The van der Waals surface area contributed by atoms with Gasteiger partial charge in [-0.15, -0.1) is 0 Å². The molecule has 0 aliphatic carbocycles. The second kappa shape index (κ2) is 2.99. The summed E-state index contributed by atoms with van der Waals surface area (Å²) in [4.78, 5) is 3.98. The van der Waals surface area contributed by atoms with Crippen molar-refractivity contribution in [1.29, 1.82) is 0 Å². The molecule has 0 fully saturated rings. The molecule has 1 aromatic rings. The van der Waals surface area contributed by atoms with Crippen molar-refractivity contribution in [2.45, 2.75) is 6.23 Å². The molecule has 1 aliphatic heterocycles. The molecule has 0 spiro atoms. The third-order valence-corrected chi connectivity index (χ3v) is 2.39. The number of nitrogens with zero attached hydrogens (tertiary/aromatic N) is 2. The van der Waals surface area contributed by atoms with Crippen molar-refractivity contribution >= 4 is 29.0 Å². The number of pyridine rings is 1. The average Bonchev–Trinajstić information content (AvgIpc) is 2.27. The van der Waals surface area contributed by atoms with Crippen LogP contribution in [-0.2, 0) is 0 Å². The zero-order valence-corrected chi connectivity index (χ0v) is 8.26. The standard InChI is InChI=1S/C7H7Cl2N3O/c1-12-7(13)5-3(8)2-4(9)10-6(5)11-12/h2,7,13H,1H3,(H,10,11). The molecule has 0 saturated heterocycles. The molecule has 4 nitrogen and oxygen atoms in total. The van der Waals surface area contributed by atoms with Gasteiger partial charge in [-0.3, -0.25) is 0 Å². The van der Waals surface area contributed by atoms with Crippen LogP contribution in [0.3, 0.4) is 0 Å². The fourth-order valence-corrected chi connectivity index (χ4v) is 1.79. The van der Waals surface area contributed by atoms with Crippen LogP contribution in [0.2, 0.25) is 10.2 Å². The van der Waals surface area contributed by atoms with Gasteiger partial charge in [-0.1, -0.05) is 23.2 Å². The minimum atomic E-state index is -0.771. The molecular formula is C7H7Cl2N3O. The van der Waals surface area contributed by atoms with Crippen molar-refractivity contribution in [3.63, 3.8) is 0 Å². The molecule has 0 saturated carbocycles. The Hall–Kier alpha value is -0.550. The lowest BCUT2D eigenvalue weighted by Crippen LogP contribution is -2.22. The quantitative estimate of drug-likeness (QED) is 0.652. The molecule has 13 heavy (non-hydrogen) atoms. The van der Waals surface area contributed by atoms with Crippen molar-refractivity contribution in [3.8, 4) is 0 Å². The van der Waals surface area contributed by atoms with Gasteiger partial charge in [0.05, 0.1) is 10.6 Å². The first kappa shape index (κ1) is 9.02. The van der Waals surface area contributed by atoms with Gasteiger partial charge in [0.2, 0.25) is 0 Å². The van der Waals surface area contributed by atoms with Crippen LogP contribution < -0.4 is 5.43 Å². The summed E-state index contributed by atoms with van der Waals surface area (Å²) < 4.78 is 0. The van der Waals surface area contributed by atoms with E-state index in [0.29, 0.717) is 21.6 Å². The van der Waals surface area contributed by atoms with Gasteiger partial charge in [0, 0.05) is 7.05 Å². The van der Waals surface area contributed by atoms with Gasteiger partial charge in [-0.2, -0.15) is 5.01 Å². The van der Waals surface area contributed by atoms with Crippen LogP contribution in [-0.4, -0.2) is 22.1 Å². The topological polar surface area (TPSA) is 48.4 Å². The van der Waals surface area contributed by atoms with Gasteiger partial charge < -0.3 is 10.5 Å². The first-order valence-electron chi connectivity index (χ1n) is 3.63. The number of rotatable bonds is 0. The van der Waals surface area contributed by atoms with E-state index in [0.717, 1.165) is 0 Å². The summed E-state index contributed by atoms with van der Waals surface area (Å²) in [5, 5.41) is 11.8. The molecule has 2 N–H and O–H groups in total. The van der Waals surface area contributed by atoms with Gasteiger partial charge >= 0.3 is 0 Å². The summed E-state index contributed by atoms with van der Waals surface area (Å²) in [5.74, 6) is 0.507. The molecule has 1 aromatic heterocycles. The Labute approximate surface area is 85.1 Å². The molecule has 0 aromatic carbocycles. The summed E-state index contributed by atoms with van der Waals surface area (Å²) in [6, 6.07) is 1.51. The number of halogens is 2.